The van der Waals surface area contributed by atoms with Gasteiger partial charge in [0.05, 0.1) is 38.8 Å². The number of nitrogens with one attached hydrogen (secondary N) is 2. The summed E-state index contributed by atoms with van der Waals surface area (Å²) >= 11 is 0. The van der Waals surface area contributed by atoms with E-state index >= 15 is 0 Å². The maximum Gasteiger partial charge on any atom is 0.321 e. The molecule has 0 aliphatic carbocycles. The molecule has 0 unspecified atom stereocenters. The molecule has 2 aromatic rings. The highest BCUT2D eigenvalue weighted by molar-refractivity contribution is 5.91. The van der Waals surface area contributed by atoms with Gasteiger partial charge in [0.1, 0.15) is 23.2 Å². The smallest absolute Gasteiger partial charge is 0.321 e. The number of anilines is 2. The number of rotatable bonds is 9. The van der Waals surface area contributed by atoms with Crippen LogP contribution in [0, 0.1) is 19.8 Å². The molecule has 0 spiro atoms. The van der Waals surface area contributed by atoms with Crippen molar-refractivity contribution in [3.63, 3.8) is 0 Å². The highest BCUT2D eigenvalue weighted by atomic mass is 16.5. The standard InChI is InChI=1S/C30H44N6O7/c1-19-16-36(20(2)18-37)28(39)15-23-14-24(31-27(38)8-9-35-10-12-41-13-11-35)6-7-25(23)42-26(19)17-34(5)30(40)32-29-21(3)33-43-22(29)4/h6-7,14,19-20,26,37H,8-13,15-18H2,1-5H3,(H,31,38)(H,32,40)/t19-,20+,26-/m0/s1. The average molecular weight is 601 g/mol. The SMILES string of the molecule is Cc1noc(C)c1NC(=O)N(C)C[C@@H]1Oc2ccc(NC(=O)CCN3CCOCC3)cc2CC(=O)N([C@H](C)CO)C[C@@H]1C. The molecule has 2 aliphatic heterocycles. The van der Waals surface area contributed by atoms with Gasteiger partial charge in [0.25, 0.3) is 0 Å². The molecule has 236 valence electrons. The van der Waals surface area contributed by atoms with E-state index in [0.29, 0.717) is 66.9 Å². The summed E-state index contributed by atoms with van der Waals surface area (Å²) in [6.07, 6.45) is -0.0951. The van der Waals surface area contributed by atoms with E-state index in [1.165, 1.54) is 4.90 Å². The number of hydrogen-bond donors (Lipinski definition) is 3. The normalized spacial score (nSPS) is 20.2. The zero-order valence-corrected chi connectivity index (χ0v) is 25.7. The van der Waals surface area contributed by atoms with Crippen molar-refractivity contribution in [1.29, 1.82) is 0 Å². The van der Waals surface area contributed by atoms with Crippen molar-refractivity contribution in [3.05, 3.63) is 35.2 Å². The Kier molecular flexibility index (Phi) is 11.0. The maximum absolute atomic E-state index is 13.5. The van der Waals surface area contributed by atoms with Gasteiger partial charge in [0.15, 0.2) is 5.76 Å². The number of aliphatic hydroxyl groups excluding tert-OH is 1. The van der Waals surface area contributed by atoms with Gasteiger partial charge in [-0.3, -0.25) is 14.5 Å². The van der Waals surface area contributed by atoms with Crippen LogP contribution in [0.5, 0.6) is 5.75 Å². The molecule has 1 aromatic heterocycles. The van der Waals surface area contributed by atoms with Gasteiger partial charge in [0, 0.05) is 56.8 Å². The third-order valence-electron chi connectivity index (χ3n) is 8.02. The van der Waals surface area contributed by atoms with Crippen LogP contribution in [0.2, 0.25) is 0 Å². The van der Waals surface area contributed by atoms with Crippen LogP contribution in [0.25, 0.3) is 0 Å². The molecule has 13 nitrogen and oxygen atoms in total. The van der Waals surface area contributed by atoms with Crippen LogP contribution in [0.1, 0.15) is 37.3 Å². The molecule has 13 heteroatoms. The zero-order chi connectivity index (χ0) is 31.1. The Balaban J connectivity index is 1.51. The van der Waals surface area contributed by atoms with Gasteiger partial charge < -0.3 is 39.5 Å². The lowest BCUT2D eigenvalue weighted by atomic mass is 10.0. The van der Waals surface area contributed by atoms with Crippen LogP contribution < -0.4 is 15.4 Å². The van der Waals surface area contributed by atoms with Crippen molar-refractivity contribution >= 4 is 29.2 Å². The minimum Gasteiger partial charge on any atom is -0.488 e. The Morgan fingerprint density at radius 2 is 1.95 bits per heavy atom. The van der Waals surface area contributed by atoms with E-state index in [-0.39, 0.29) is 43.3 Å². The largest absolute Gasteiger partial charge is 0.488 e. The predicted octanol–water partition coefficient (Wildman–Crippen LogP) is 2.27. The molecule has 0 radical (unpaired) electrons. The lowest BCUT2D eigenvalue weighted by Crippen LogP contribution is -2.48. The molecule has 4 rings (SSSR count). The highest BCUT2D eigenvalue weighted by Gasteiger charge is 2.32. The summed E-state index contributed by atoms with van der Waals surface area (Å²) in [7, 11) is 1.67. The first-order valence-electron chi connectivity index (χ1n) is 14.8. The van der Waals surface area contributed by atoms with Crippen molar-refractivity contribution in [2.24, 2.45) is 5.92 Å². The molecule has 0 saturated carbocycles. The van der Waals surface area contributed by atoms with Crippen LogP contribution in [0.4, 0.5) is 16.2 Å². The lowest BCUT2D eigenvalue weighted by Gasteiger charge is -2.34. The number of benzene rings is 1. The molecule has 0 bridgehead atoms. The maximum atomic E-state index is 13.5. The number of aliphatic hydroxyl groups is 1. The summed E-state index contributed by atoms with van der Waals surface area (Å²) in [5.74, 6) is 0.567. The topological polar surface area (TPSA) is 150 Å². The number of likely N-dealkylation sites (N-methyl/N-ethyl adjacent to an activating group) is 1. The highest BCUT2D eigenvalue weighted by Crippen LogP contribution is 2.29. The van der Waals surface area contributed by atoms with Gasteiger partial charge in [0.2, 0.25) is 11.8 Å². The van der Waals surface area contributed by atoms with E-state index in [4.69, 9.17) is 14.0 Å². The minimum absolute atomic E-state index is 0.0406. The lowest BCUT2D eigenvalue weighted by molar-refractivity contribution is -0.134. The molecule has 3 atom stereocenters. The van der Waals surface area contributed by atoms with Crippen LogP contribution in [0.15, 0.2) is 22.7 Å². The fraction of sp³-hybridized carbons (Fsp3) is 0.600. The second-order valence-electron chi connectivity index (χ2n) is 11.5. The molecule has 4 amide bonds. The summed E-state index contributed by atoms with van der Waals surface area (Å²) in [4.78, 5) is 44.7. The third-order valence-corrected chi connectivity index (χ3v) is 8.02. The molecular formula is C30H44N6O7. The van der Waals surface area contributed by atoms with Gasteiger partial charge in [-0.25, -0.2) is 4.79 Å². The fourth-order valence-electron chi connectivity index (χ4n) is 5.25. The number of ether oxygens (including phenoxy) is 2. The second-order valence-corrected chi connectivity index (χ2v) is 11.5. The van der Waals surface area contributed by atoms with E-state index in [9.17, 15) is 19.5 Å². The van der Waals surface area contributed by atoms with Crippen molar-refractivity contribution in [3.8, 4) is 5.75 Å². The number of aromatic nitrogens is 1. The first-order valence-corrected chi connectivity index (χ1v) is 14.8. The number of fused-ring (bicyclic) bond motifs is 1. The van der Waals surface area contributed by atoms with Gasteiger partial charge in [-0.2, -0.15) is 0 Å². The van der Waals surface area contributed by atoms with Crippen LogP contribution in [-0.4, -0.2) is 115 Å². The van der Waals surface area contributed by atoms with E-state index in [1.54, 1.807) is 50.9 Å². The molecule has 1 fully saturated rings. The average Bonchev–Trinajstić information content (AvgIpc) is 3.32. The fourth-order valence-corrected chi connectivity index (χ4v) is 5.25. The zero-order valence-electron chi connectivity index (χ0n) is 25.7. The number of urea groups is 1. The molecule has 1 aromatic carbocycles. The monoisotopic (exact) mass is 600 g/mol. The summed E-state index contributed by atoms with van der Waals surface area (Å²) in [6, 6.07) is 4.53. The Bertz CT molecular complexity index is 1260. The van der Waals surface area contributed by atoms with Crippen molar-refractivity contribution in [1.82, 2.24) is 19.9 Å². The third kappa shape index (κ3) is 8.46. The molecule has 3 heterocycles. The molecule has 1 saturated heterocycles. The van der Waals surface area contributed by atoms with E-state index in [0.717, 1.165) is 13.1 Å². The van der Waals surface area contributed by atoms with Gasteiger partial charge in [-0.15, -0.1) is 0 Å². The quantitative estimate of drug-likeness (QED) is 0.394. The van der Waals surface area contributed by atoms with Crippen molar-refractivity contribution in [2.45, 2.75) is 52.7 Å². The number of morpholine rings is 1. The number of carbonyl (C=O) groups is 3. The second kappa shape index (κ2) is 14.7. The van der Waals surface area contributed by atoms with Gasteiger partial charge in [-0.1, -0.05) is 12.1 Å². The summed E-state index contributed by atoms with van der Waals surface area (Å²) in [5, 5.41) is 19.6. The van der Waals surface area contributed by atoms with Crippen molar-refractivity contribution < 1.29 is 33.5 Å². The number of nitrogens with zero attached hydrogens (tertiary/aromatic N) is 4. The number of amides is 4. The number of aryl methyl sites for hydroxylation is 2. The minimum atomic E-state index is -0.479. The Hall–Kier alpha value is -3.68. The summed E-state index contributed by atoms with van der Waals surface area (Å²) in [5.41, 5.74) is 2.30. The van der Waals surface area contributed by atoms with Crippen LogP contribution in [-0.2, 0) is 20.7 Å². The molecule has 43 heavy (non-hydrogen) atoms. The van der Waals surface area contributed by atoms with E-state index < -0.39 is 12.1 Å². The first-order chi connectivity index (χ1) is 20.5. The van der Waals surface area contributed by atoms with E-state index in [2.05, 4.69) is 20.7 Å². The Labute approximate surface area is 252 Å². The summed E-state index contributed by atoms with van der Waals surface area (Å²) < 4.78 is 17.0. The molecular weight excluding hydrogens is 556 g/mol. The van der Waals surface area contributed by atoms with E-state index in [1.807, 2.05) is 6.92 Å². The summed E-state index contributed by atoms with van der Waals surface area (Å²) in [6.45, 7) is 11.2. The van der Waals surface area contributed by atoms with Crippen LogP contribution in [0.3, 0.4) is 0 Å². The number of carbonyl (C=O) groups excluding carboxylic acids is 3. The van der Waals surface area contributed by atoms with Crippen LogP contribution >= 0.6 is 0 Å². The Morgan fingerprint density at radius 3 is 2.63 bits per heavy atom. The predicted molar refractivity (Wildman–Crippen MR) is 160 cm³/mol. The molecule has 3 N–H and O–H groups in total. The van der Waals surface area contributed by atoms with Gasteiger partial charge in [-0.05, 0) is 39.0 Å². The van der Waals surface area contributed by atoms with Crippen molar-refractivity contribution in [2.75, 3.05) is 70.2 Å². The molecule has 2 aliphatic rings. The number of hydrogen-bond acceptors (Lipinski definition) is 9. The van der Waals surface area contributed by atoms with Gasteiger partial charge >= 0.3 is 6.03 Å². The first kappa shape index (κ1) is 32.2. The Morgan fingerprint density at radius 1 is 1.21 bits per heavy atom.